The summed E-state index contributed by atoms with van der Waals surface area (Å²) in [5, 5.41) is 8.72. The van der Waals surface area contributed by atoms with E-state index in [1.54, 1.807) is 26.0 Å². The molecule has 0 saturated carbocycles. The lowest BCUT2D eigenvalue weighted by atomic mass is 10.1. The second-order valence-corrected chi connectivity index (χ2v) is 6.88. The highest BCUT2D eigenvalue weighted by Gasteiger charge is 2.09. The van der Waals surface area contributed by atoms with Gasteiger partial charge >= 0.3 is 0 Å². The van der Waals surface area contributed by atoms with Gasteiger partial charge in [-0.25, -0.2) is 0 Å². The number of hydrogen-bond acceptors (Lipinski definition) is 4. The number of benzene rings is 2. The number of thioether (sulfide) groups is 1. The highest BCUT2D eigenvalue weighted by Crippen LogP contribution is 2.33. The lowest BCUT2D eigenvalue weighted by Crippen LogP contribution is -1.83. The molecule has 4 rings (SSSR count). The first-order valence-electron chi connectivity index (χ1n) is 8.23. The number of fused-ring (bicyclic) bond motifs is 1. The van der Waals surface area contributed by atoms with Crippen molar-refractivity contribution in [3.8, 4) is 22.8 Å². The third-order valence-corrected chi connectivity index (χ3v) is 5.33. The van der Waals surface area contributed by atoms with Crippen LogP contribution in [0.25, 0.3) is 22.2 Å². The molecule has 0 aliphatic rings. The Morgan fingerprint density at radius 1 is 1.00 bits per heavy atom. The summed E-state index contributed by atoms with van der Waals surface area (Å²) in [5.74, 6) is 2.48. The molecular weight excluding hydrogens is 346 g/mol. The molecule has 2 aromatic heterocycles. The van der Waals surface area contributed by atoms with E-state index < -0.39 is 0 Å². The summed E-state index contributed by atoms with van der Waals surface area (Å²) in [6, 6.07) is 16.1. The number of nitrogens with one attached hydrogen (secondary N) is 2. The van der Waals surface area contributed by atoms with E-state index in [1.807, 2.05) is 42.6 Å². The summed E-state index contributed by atoms with van der Waals surface area (Å²) in [5.41, 5.74) is 4.16. The highest BCUT2D eigenvalue weighted by molar-refractivity contribution is 7.98. The Bertz CT molecular complexity index is 1040. The topological polar surface area (TPSA) is 62.9 Å². The second kappa shape index (κ2) is 7.17. The average Bonchev–Trinajstić information content (AvgIpc) is 3.33. The predicted octanol–water partition coefficient (Wildman–Crippen LogP) is 4.87. The summed E-state index contributed by atoms with van der Waals surface area (Å²) < 4.78 is 10.6. The maximum Gasteiger partial charge on any atom is 0.119 e. The third kappa shape index (κ3) is 3.28. The van der Waals surface area contributed by atoms with Gasteiger partial charge in [0.05, 0.1) is 25.6 Å². The fraction of sp³-hybridized carbons (Fsp3) is 0.150. The summed E-state index contributed by atoms with van der Waals surface area (Å²) in [7, 11) is 3.36. The predicted molar refractivity (Wildman–Crippen MR) is 105 cm³/mol. The number of aromatic nitrogens is 3. The molecule has 5 nitrogen and oxygen atoms in total. The first kappa shape index (κ1) is 16.6. The molecule has 0 fully saturated rings. The standard InChI is InChI=1S/C20H19N3O2S/c1-24-15-5-3-4-13(8-15)19-9-14(22-23-19)12-26-20-11-21-18-7-6-16(25-2)10-17(18)20/h3-11,21H,12H2,1-2H3,(H,22,23). The van der Waals surface area contributed by atoms with Crippen molar-refractivity contribution in [2.75, 3.05) is 14.2 Å². The van der Waals surface area contributed by atoms with Crippen LogP contribution in [0, 0.1) is 0 Å². The zero-order valence-electron chi connectivity index (χ0n) is 14.6. The summed E-state index contributed by atoms with van der Waals surface area (Å²) >= 11 is 1.75. The monoisotopic (exact) mass is 365 g/mol. The van der Waals surface area contributed by atoms with Crippen molar-refractivity contribution in [1.29, 1.82) is 0 Å². The number of aromatic amines is 2. The lowest BCUT2D eigenvalue weighted by molar-refractivity contribution is 0.415. The van der Waals surface area contributed by atoms with Crippen molar-refractivity contribution >= 4 is 22.7 Å². The Kier molecular flexibility index (Phi) is 4.58. The van der Waals surface area contributed by atoms with Gasteiger partial charge < -0.3 is 14.5 Å². The van der Waals surface area contributed by atoms with Crippen molar-refractivity contribution < 1.29 is 9.47 Å². The Balaban J connectivity index is 1.51. The van der Waals surface area contributed by atoms with Crippen LogP contribution in [-0.4, -0.2) is 29.4 Å². The summed E-state index contributed by atoms with van der Waals surface area (Å²) in [6.45, 7) is 0. The number of rotatable bonds is 6. The van der Waals surface area contributed by atoms with Crippen LogP contribution < -0.4 is 9.47 Å². The van der Waals surface area contributed by atoms with Gasteiger partial charge in [-0.15, -0.1) is 11.8 Å². The Morgan fingerprint density at radius 2 is 1.85 bits per heavy atom. The van der Waals surface area contributed by atoms with Gasteiger partial charge in [0.25, 0.3) is 0 Å². The Hall–Kier alpha value is -2.86. The third-order valence-electron chi connectivity index (χ3n) is 4.24. The van der Waals surface area contributed by atoms with E-state index in [-0.39, 0.29) is 0 Å². The van der Waals surface area contributed by atoms with Gasteiger partial charge in [-0.1, -0.05) is 12.1 Å². The van der Waals surface area contributed by atoms with Crippen molar-refractivity contribution in [3.05, 3.63) is 60.4 Å². The normalized spacial score (nSPS) is 11.0. The van der Waals surface area contributed by atoms with E-state index in [0.717, 1.165) is 45.1 Å². The van der Waals surface area contributed by atoms with Gasteiger partial charge in [0.15, 0.2) is 0 Å². The molecule has 0 bridgehead atoms. The van der Waals surface area contributed by atoms with Crippen LogP contribution in [0.1, 0.15) is 5.69 Å². The number of H-pyrrole nitrogens is 2. The van der Waals surface area contributed by atoms with E-state index in [1.165, 1.54) is 4.90 Å². The molecule has 0 spiro atoms. The average molecular weight is 365 g/mol. The van der Waals surface area contributed by atoms with Crippen molar-refractivity contribution in [1.82, 2.24) is 15.2 Å². The number of methoxy groups -OCH3 is 2. The maximum absolute atomic E-state index is 5.33. The molecule has 0 aliphatic heterocycles. The van der Waals surface area contributed by atoms with Crippen LogP contribution in [-0.2, 0) is 5.75 Å². The molecular formula is C20H19N3O2S. The van der Waals surface area contributed by atoms with E-state index in [4.69, 9.17) is 9.47 Å². The Morgan fingerprint density at radius 3 is 2.69 bits per heavy atom. The van der Waals surface area contributed by atoms with Crippen LogP contribution >= 0.6 is 11.8 Å². The highest BCUT2D eigenvalue weighted by atomic mass is 32.2. The molecule has 26 heavy (non-hydrogen) atoms. The van der Waals surface area contributed by atoms with Crippen LogP contribution in [0.4, 0.5) is 0 Å². The van der Waals surface area contributed by atoms with Gasteiger partial charge in [0.1, 0.15) is 11.5 Å². The van der Waals surface area contributed by atoms with E-state index in [0.29, 0.717) is 0 Å². The largest absolute Gasteiger partial charge is 0.497 e. The minimum Gasteiger partial charge on any atom is -0.497 e. The molecule has 0 saturated heterocycles. The molecule has 0 radical (unpaired) electrons. The quantitative estimate of drug-likeness (QED) is 0.479. The van der Waals surface area contributed by atoms with Crippen molar-refractivity contribution in [2.45, 2.75) is 10.6 Å². The van der Waals surface area contributed by atoms with Crippen LogP contribution in [0.15, 0.2) is 59.6 Å². The summed E-state index contributed by atoms with van der Waals surface area (Å²) in [6.07, 6.45) is 2.03. The van der Waals surface area contributed by atoms with Crippen LogP contribution in [0.5, 0.6) is 11.5 Å². The van der Waals surface area contributed by atoms with Gasteiger partial charge in [-0.2, -0.15) is 5.10 Å². The fourth-order valence-electron chi connectivity index (χ4n) is 2.85. The SMILES string of the molecule is COc1cccc(-c2cc(CSc3c[nH]c4ccc(OC)cc34)n[nH]2)c1. The zero-order chi connectivity index (χ0) is 17.9. The van der Waals surface area contributed by atoms with Gasteiger partial charge in [0, 0.05) is 33.3 Å². The molecule has 6 heteroatoms. The lowest BCUT2D eigenvalue weighted by Gasteiger charge is -2.02. The summed E-state index contributed by atoms with van der Waals surface area (Å²) in [4.78, 5) is 4.49. The number of ether oxygens (including phenoxy) is 2. The van der Waals surface area contributed by atoms with Crippen LogP contribution in [0.3, 0.4) is 0 Å². The molecule has 0 aliphatic carbocycles. The first-order valence-corrected chi connectivity index (χ1v) is 9.22. The van der Waals surface area contributed by atoms with Gasteiger partial charge in [-0.3, -0.25) is 5.10 Å². The van der Waals surface area contributed by atoms with E-state index in [2.05, 4.69) is 27.3 Å². The van der Waals surface area contributed by atoms with Crippen molar-refractivity contribution in [3.63, 3.8) is 0 Å². The van der Waals surface area contributed by atoms with Gasteiger partial charge in [0.2, 0.25) is 0 Å². The number of nitrogens with zero attached hydrogens (tertiary/aromatic N) is 1. The molecule has 2 heterocycles. The van der Waals surface area contributed by atoms with E-state index >= 15 is 0 Å². The van der Waals surface area contributed by atoms with Gasteiger partial charge in [-0.05, 0) is 36.4 Å². The van der Waals surface area contributed by atoms with E-state index in [9.17, 15) is 0 Å². The maximum atomic E-state index is 5.33. The zero-order valence-corrected chi connectivity index (χ0v) is 15.4. The first-order chi connectivity index (χ1) is 12.8. The second-order valence-electron chi connectivity index (χ2n) is 5.86. The molecule has 0 atom stereocenters. The molecule has 4 aromatic rings. The van der Waals surface area contributed by atoms with Crippen LogP contribution in [0.2, 0.25) is 0 Å². The van der Waals surface area contributed by atoms with Crippen molar-refractivity contribution in [2.24, 2.45) is 0 Å². The molecule has 2 aromatic carbocycles. The molecule has 2 N–H and O–H groups in total. The molecule has 0 amide bonds. The smallest absolute Gasteiger partial charge is 0.119 e. The number of hydrogen-bond donors (Lipinski definition) is 2. The Labute approximate surface area is 155 Å². The fourth-order valence-corrected chi connectivity index (χ4v) is 3.77. The minimum absolute atomic E-state index is 0.782. The minimum atomic E-state index is 0.782. The molecule has 0 unspecified atom stereocenters. The molecule has 132 valence electrons.